The van der Waals surface area contributed by atoms with Gasteiger partial charge in [0, 0.05) is 12.1 Å². The minimum Gasteiger partial charge on any atom is -0.349 e. The van der Waals surface area contributed by atoms with Crippen molar-refractivity contribution in [3.63, 3.8) is 0 Å². The number of halogens is 1. The van der Waals surface area contributed by atoms with Gasteiger partial charge in [0.1, 0.15) is 4.47 Å². The molecule has 0 heterocycles. The Morgan fingerprint density at radius 3 is 2.84 bits per heavy atom. The Bertz CT molecular complexity index is 543. The largest absolute Gasteiger partial charge is 0.349 e. The summed E-state index contributed by atoms with van der Waals surface area (Å²) < 4.78 is 0.226. The first-order chi connectivity index (χ1) is 9.09. The Labute approximate surface area is 119 Å². The predicted molar refractivity (Wildman–Crippen MR) is 75.0 cm³/mol. The van der Waals surface area contributed by atoms with E-state index in [0.717, 1.165) is 19.3 Å². The van der Waals surface area contributed by atoms with E-state index in [-0.39, 0.29) is 22.1 Å². The molecular formula is C13H13BrN2O3. The van der Waals surface area contributed by atoms with Crippen molar-refractivity contribution in [2.24, 2.45) is 0 Å². The number of rotatable bonds is 3. The molecule has 1 atom stereocenters. The molecule has 0 spiro atoms. The van der Waals surface area contributed by atoms with Crippen LogP contribution >= 0.6 is 15.9 Å². The average molecular weight is 325 g/mol. The van der Waals surface area contributed by atoms with Crippen molar-refractivity contribution in [1.82, 2.24) is 5.32 Å². The smallest absolute Gasteiger partial charge is 0.284 e. The summed E-state index contributed by atoms with van der Waals surface area (Å²) in [7, 11) is 0. The van der Waals surface area contributed by atoms with Crippen molar-refractivity contribution in [2.75, 3.05) is 0 Å². The summed E-state index contributed by atoms with van der Waals surface area (Å²) in [4.78, 5) is 22.4. The van der Waals surface area contributed by atoms with E-state index < -0.39 is 4.92 Å². The fraction of sp³-hybridized carbons (Fsp3) is 0.308. The van der Waals surface area contributed by atoms with Crippen molar-refractivity contribution in [3.8, 4) is 0 Å². The van der Waals surface area contributed by atoms with Gasteiger partial charge >= 0.3 is 0 Å². The molecule has 1 unspecified atom stereocenters. The third kappa shape index (κ3) is 3.20. The normalized spacial score (nSPS) is 18.1. The van der Waals surface area contributed by atoms with Gasteiger partial charge in [-0.15, -0.1) is 0 Å². The molecule has 19 heavy (non-hydrogen) atoms. The summed E-state index contributed by atoms with van der Waals surface area (Å²) in [6.07, 6.45) is 6.77. The van der Waals surface area contributed by atoms with Crippen LogP contribution in [0, 0.1) is 10.1 Å². The zero-order chi connectivity index (χ0) is 13.8. The molecule has 1 N–H and O–H groups in total. The van der Waals surface area contributed by atoms with Gasteiger partial charge < -0.3 is 5.32 Å². The third-order valence-electron chi connectivity index (χ3n) is 3.02. The SMILES string of the molecule is O=C(NC1CC=CCC1)c1cccc([N+](=O)[O-])c1Br. The highest BCUT2D eigenvalue weighted by Gasteiger charge is 2.21. The third-order valence-corrected chi connectivity index (χ3v) is 3.86. The van der Waals surface area contributed by atoms with Crippen LogP contribution < -0.4 is 5.32 Å². The molecule has 0 radical (unpaired) electrons. The molecule has 0 bridgehead atoms. The second kappa shape index (κ2) is 5.97. The summed E-state index contributed by atoms with van der Waals surface area (Å²) in [5.41, 5.74) is 0.194. The molecule has 1 aliphatic rings. The number of carbonyl (C=O) groups is 1. The van der Waals surface area contributed by atoms with E-state index in [2.05, 4.69) is 27.3 Å². The maximum absolute atomic E-state index is 12.1. The van der Waals surface area contributed by atoms with Gasteiger partial charge in [0.05, 0.1) is 10.5 Å². The van der Waals surface area contributed by atoms with Crippen LogP contribution in [-0.4, -0.2) is 16.9 Å². The fourth-order valence-electron chi connectivity index (χ4n) is 2.02. The fourth-order valence-corrected chi connectivity index (χ4v) is 2.61. The Balaban J connectivity index is 2.17. The first-order valence-electron chi connectivity index (χ1n) is 5.98. The van der Waals surface area contributed by atoms with Crippen molar-refractivity contribution in [1.29, 1.82) is 0 Å². The second-order valence-corrected chi connectivity index (χ2v) is 5.14. The van der Waals surface area contributed by atoms with Gasteiger partial charge in [-0.05, 0) is 41.3 Å². The summed E-state index contributed by atoms with van der Waals surface area (Å²) >= 11 is 3.13. The quantitative estimate of drug-likeness (QED) is 0.527. The molecule has 6 heteroatoms. The molecule has 0 saturated carbocycles. The van der Waals surface area contributed by atoms with Crippen LogP contribution in [0.1, 0.15) is 29.6 Å². The minimum absolute atomic E-state index is 0.101. The van der Waals surface area contributed by atoms with Gasteiger partial charge in [0.25, 0.3) is 11.6 Å². The number of nitro groups is 1. The molecule has 2 rings (SSSR count). The summed E-state index contributed by atoms with van der Waals surface area (Å²) in [6.45, 7) is 0. The Kier molecular flexibility index (Phi) is 4.31. The molecule has 0 saturated heterocycles. The maximum Gasteiger partial charge on any atom is 0.284 e. The van der Waals surface area contributed by atoms with Crippen LogP contribution in [0.4, 0.5) is 5.69 Å². The molecule has 100 valence electrons. The molecule has 1 aromatic carbocycles. The Morgan fingerprint density at radius 2 is 2.21 bits per heavy atom. The van der Waals surface area contributed by atoms with Gasteiger partial charge in [-0.2, -0.15) is 0 Å². The van der Waals surface area contributed by atoms with E-state index in [1.54, 1.807) is 6.07 Å². The number of hydrogen-bond acceptors (Lipinski definition) is 3. The Hall–Kier alpha value is -1.69. The van der Waals surface area contributed by atoms with E-state index in [4.69, 9.17) is 0 Å². The monoisotopic (exact) mass is 324 g/mol. The number of hydrogen-bond donors (Lipinski definition) is 1. The van der Waals surface area contributed by atoms with Crippen molar-refractivity contribution in [2.45, 2.75) is 25.3 Å². The maximum atomic E-state index is 12.1. The number of amides is 1. The first kappa shape index (κ1) is 13.7. The van der Waals surface area contributed by atoms with Crippen LogP contribution in [0.3, 0.4) is 0 Å². The van der Waals surface area contributed by atoms with E-state index in [9.17, 15) is 14.9 Å². The first-order valence-corrected chi connectivity index (χ1v) is 6.77. The highest BCUT2D eigenvalue weighted by molar-refractivity contribution is 9.10. The van der Waals surface area contributed by atoms with Crippen molar-refractivity contribution in [3.05, 3.63) is 50.5 Å². The average Bonchev–Trinajstić information content (AvgIpc) is 2.39. The molecule has 5 nitrogen and oxygen atoms in total. The van der Waals surface area contributed by atoms with Crippen LogP contribution in [0.15, 0.2) is 34.8 Å². The lowest BCUT2D eigenvalue weighted by Crippen LogP contribution is -2.35. The molecule has 0 aliphatic heterocycles. The topological polar surface area (TPSA) is 72.2 Å². The molecule has 1 amide bonds. The number of nitrogens with zero attached hydrogens (tertiary/aromatic N) is 1. The van der Waals surface area contributed by atoms with Gasteiger partial charge in [-0.3, -0.25) is 14.9 Å². The van der Waals surface area contributed by atoms with E-state index in [1.165, 1.54) is 12.1 Å². The number of allylic oxidation sites excluding steroid dienone is 1. The Morgan fingerprint density at radius 1 is 1.42 bits per heavy atom. The summed E-state index contributed by atoms with van der Waals surface area (Å²) in [5, 5.41) is 13.7. The molecule has 1 aliphatic carbocycles. The number of benzene rings is 1. The van der Waals surface area contributed by atoms with Gasteiger partial charge in [-0.1, -0.05) is 18.2 Å². The van der Waals surface area contributed by atoms with Crippen molar-refractivity contribution < 1.29 is 9.72 Å². The van der Waals surface area contributed by atoms with Crippen LogP contribution in [0.25, 0.3) is 0 Å². The number of nitrogens with one attached hydrogen (secondary N) is 1. The van der Waals surface area contributed by atoms with Gasteiger partial charge in [0.2, 0.25) is 0 Å². The highest BCUT2D eigenvalue weighted by Crippen LogP contribution is 2.28. The number of carbonyl (C=O) groups excluding carboxylic acids is 1. The van der Waals surface area contributed by atoms with Crippen molar-refractivity contribution >= 4 is 27.5 Å². The lowest BCUT2D eigenvalue weighted by molar-refractivity contribution is -0.385. The van der Waals surface area contributed by atoms with Crippen LogP contribution in [0.5, 0.6) is 0 Å². The lowest BCUT2D eigenvalue weighted by atomic mass is 10.0. The number of nitro benzene ring substituents is 1. The minimum atomic E-state index is -0.510. The van der Waals surface area contributed by atoms with E-state index in [1.807, 2.05) is 6.08 Å². The lowest BCUT2D eigenvalue weighted by Gasteiger charge is -2.19. The summed E-state index contributed by atoms with van der Waals surface area (Å²) in [5.74, 6) is -0.282. The standard InChI is InChI=1S/C13H13BrN2O3/c14-12-10(7-4-8-11(12)16(18)19)13(17)15-9-5-2-1-3-6-9/h1-2,4,7-9H,3,5-6H2,(H,15,17). The van der Waals surface area contributed by atoms with E-state index in [0.29, 0.717) is 5.56 Å². The molecular weight excluding hydrogens is 312 g/mol. The zero-order valence-corrected chi connectivity index (χ0v) is 11.7. The predicted octanol–water partition coefficient (Wildman–Crippen LogP) is 3.20. The molecule has 0 aromatic heterocycles. The van der Waals surface area contributed by atoms with E-state index >= 15 is 0 Å². The highest BCUT2D eigenvalue weighted by atomic mass is 79.9. The van der Waals surface area contributed by atoms with Crippen LogP contribution in [-0.2, 0) is 0 Å². The van der Waals surface area contributed by atoms with Gasteiger partial charge in [-0.25, -0.2) is 0 Å². The second-order valence-electron chi connectivity index (χ2n) is 4.35. The van der Waals surface area contributed by atoms with Crippen LogP contribution in [0.2, 0.25) is 0 Å². The van der Waals surface area contributed by atoms with Gasteiger partial charge in [0.15, 0.2) is 0 Å². The zero-order valence-electron chi connectivity index (χ0n) is 10.1. The molecule has 0 fully saturated rings. The molecule has 1 aromatic rings. The summed E-state index contributed by atoms with van der Waals surface area (Å²) in [6, 6.07) is 4.55.